The fraction of sp³-hybridized carbons (Fsp3) is 0.0625. The smallest absolute Gasteiger partial charge is 0.187 e. The van der Waals surface area contributed by atoms with Crippen molar-refractivity contribution in [2.75, 3.05) is 5.32 Å². The van der Waals surface area contributed by atoms with Gasteiger partial charge in [0.15, 0.2) is 5.78 Å². The molecule has 0 radical (unpaired) electrons. The van der Waals surface area contributed by atoms with E-state index in [-0.39, 0.29) is 5.78 Å². The van der Waals surface area contributed by atoms with Gasteiger partial charge < -0.3 is 5.32 Å². The van der Waals surface area contributed by atoms with Gasteiger partial charge in [-0.1, -0.05) is 47.5 Å². The molecule has 1 N–H and O–H groups in total. The number of carbonyl (C=O) groups is 1. The zero-order valence-electron chi connectivity index (χ0n) is 10.6. The number of aryl methyl sites for hydroxylation is 1. The Morgan fingerprint density at radius 2 is 1.89 bits per heavy atom. The first-order valence-corrected chi connectivity index (χ1v) is 6.32. The van der Waals surface area contributed by atoms with Gasteiger partial charge in [0.25, 0.3) is 0 Å². The van der Waals surface area contributed by atoms with Gasteiger partial charge in [0, 0.05) is 28.5 Å². The largest absolute Gasteiger partial charge is 0.362 e. The highest BCUT2D eigenvalue weighted by atomic mass is 35.5. The molecule has 0 heterocycles. The Bertz CT molecular complexity index is 602. The first kappa shape index (κ1) is 13.4. The molecule has 0 amide bonds. The fourth-order valence-electron chi connectivity index (χ4n) is 1.61. The third kappa shape index (κ3) is 3.97. The number of benzene rings is 2. The number of rotatable bonds is 4. The van der Waals surface area contributed by atoms with E-state index < -0.39 is 0 Å². The Hall–Kier alpha value is -2.06. The molecule has 0 atom stereocenters. The molecule has 2 aromatic carbocycles. The van der Waals surface area contributed by atoms with Crippen LogP contribution in [-0.4, -0.2) is 5.78 Å². The normalized spacial score (nSPS) is 10.6. The van der Waals surface area contributed by atoms with Gasteiger partial charge in [-0.15, -0.1) is 0 Å². The molecule has 0 aromatic heterocycles. The molecule has 2 rings (SSSR count). The van der Waals surface area contributed by atoms with E-state index in [0.29, 0.717) is 10.6 Å². The standard InChI is InChI=1S/C16H14ClNO/c1-12-5-7-13(8-6-12)16(19)9-10-18-15-4-2-3-14(17)11-15/h2-11,18H,1H3/b10-9-. The van der Waals surface area contributed by atoms with Crippen LogP contribution in [0, 0.1) is 6.92 Å². The topological polar surface area (TPSA) is 29.1 Å². The summed E-state index contributed by atoms with van der Waals surface area (Å²) >= 11 is 5.87. The SMILES string of the molecule is Cc1ccc(C(=O)/C=C\Nc2cccc(Cl)c2)cc1. The summed E-state index contributed by atoms with van der Waals surface area (Å²) in [5.41, 5.74) is 2.66. The number of hydrogen-bond acceptors (Lipinski definition) is 2. The van der Waals surface area contributed by atoms with E-state index in [1.54, 1.807) is 18.3 Å². The molecule has 96 valence electrons. The van der Waals surface area contributed by atoms with Crippen LogP contribution in [0.3, 0.4) is 0 Å². The quantitative estimate of drug-likeness (QED) is 0.657. The molecule has 2 aromatic rings. The molecule has 0 aliphatic rings. The Labute approximate surface area is 117 Å². The molecule has 0 spiro atoms. The lowest BCUT2D eigenvalue weighted by Crippen LogP contribution is -1.96. The molecule has 0 saturated carbocycles. The Morgan fingerprint density at radius 3 is 2.58 bits per heavy atom. The van der Waals surface area contributed by atoms with Crippen LogP contribution in [-0.2, 0) is 0 Å². The molecule has 19 heavy (non-hydrogen) atoms. The van der Waals surface area contributed by atoms with Crippen LogP contribution < -0.4 is 5.32 Å². The second kappa shape index (κ2) is 6.21. The Balaban J connectivity index is 1.99. The minimum Gasteiger partial charge on any atom is -0.362 e. The molecule has 0 fully saturated rings. The van der Waals surface area contributed by atoms with E-state index in [9.17, 15) is 4.79 Å². The van der Waals surface area contributed by atoms with Crippen molar-refractivity contribution in [3.05, 3.63) is 77.0 Å². The van der Waals surface area contributed by atoms with Crippen molar-refractivity contribution < 1.29 is 4.79 Å². The predicted octanol–water partition coefficient (Wildman–Crippen LogP) is 4.46. The number of carbonyl (C=O) groups excluding carboxylic acids is 1. The summed E-state index contributed by atoms with van der Waals surface area (Å²) in [7, 11) is 0. The highest BCUT2D eigenvalue weighted by Gasteiger charge is 2.00. The van der Waals surface area contributed by atoms with Gasteiger partial charge in [0.05, 0.1) is 0 Å². The molecule has 0 unspecified atom stereocenters. The van der Waals surface area contributed by atoms with Crippen LogP contribution >= 0.6 is 11.6 Å². The van der Waals surface area contributed by atoms with Gasteiger partial charge in [-0.25, -0.2) is 0 Å². The molecule has 2 nitrogen and oxygen atoms in total. The van der Waals surface area contributed by atoms with Crippen molar-refractivity contribution >= 4 is 23.1 Å². The summed E-state index contributed by atoms with van der Waals surface area (Å²) in [5, 5.41) is 3.67. The van der Waals surface area contributed by atoms with Crippen molar-refractivity contribution in [3.8, 4) is 0 Å². The second-order valence-corrected chi connectivity index (χ2v) is 4.65. The van der Waals surface area contributed by atoms with Crippen molar-refractivity contribution in [2.24, 2.45) is 0 Å². The average molecular weight is 272 g/mol. The zero-order chi connectivity index (χ0) is 13.7. The van der Waals surface area contributed by atoms with Gasteiger partial charge in [-0.3, -0.25) is 4.79 Å². The first-order chi connectivity index (χ1) is 9.15. The van der Waals surface area contributed by atoms with Crippen LogP contribution in [0.25, 0.3) is 0 Å². The number of nitrogens with one attached hydrogen (secondary N) is 1. The van der Waals surface area contributed by atoms with Gasteiger partial charge >= 0.3 is 0 Å². The predicted molar refractivity (Wildman–Crippen MR) is 79.7 cm³/mol. The lowest BCUT2D eigenvalue weighted by atomic mass is 10.1. The summed E-state index contributed by atoms with van der Waals surface area (Å²) in [4.78, 5) is 11.9. The summed E-state index contributed by atoms with van der Waals surface area (Å²) in [6.07, 6.45) is 3.12. The van der Waals surface area contributed by atoms with Crippen molar-refractivity contribution in [2.45, 2.75) is 6.92 Å². The Kier molecular flexibility index (Phi) is 4.37. The van der Waals surface area contributed by atoms with Gasteiger partial charge in [-0.05, 0) is 25.1 Å². The lowest BCUT2D eigenvalue weighted by Gasteiger charge is -2.00. The van der Waals surface area contributed by atoms with Gasteiger partial charge in [0.2, 0.25) is 0 Å². The van der Waals surface area contributed by atoms with Crippen LogP contribution in [0.2, 0.25) is 5.02 Å². The maximum absolute atomic E-state index is 11.9. The molecule has 0 saturated heterocycles. The van der Waals surface area contributed by atoms with Crippen LogP contribution in [0.4, 0.5) is 5.69 Å². The molecule has 0 aliphatic heterocycles. The molecule has 0 bridgehead atoms. The van der Waals surface area contributed by atoms with E-state index in [0.717, 1.165) is 11.3 Å². The minimum absolute atomic E-state index is 0.0328. The van der Waals surface area contributed by atoms with Crippen molar-refractivity contribution in [1.82, 2.24) is 0 Å². The van der Waals surface area contributed by atoms with E-state index in [4.69, 9.17) is 11.6 Å². The third-order valence-electron chi connectivity index (χ3n) is 2.65. The first-order valence-electron chi connectivity index (χ1n) is 5.95. The summed E-state index contributed by atoms with van der Waals surface area (Å²) in [6.45, 7) is 1.99. The summed E-state index contributed by atoms with van der Waals surface area (Å²) < 4.78 is 0. The second-order valence-electron chi connectivity index (χ2n) is 4.22. The maximum atomic E-state index is 11.9. The molecular weight excluding hydrogens is 258 g/mol. The Morgan fingerprint density at radius 1 is 1.16 bits per heavy atom. The van der Waals surface area contributed by atoms with E-state index >= 15 is 0 Å². The highest BCUT2D eigenvalue weighted by molar-refractivity contribution is 6.30. The average Bonchev–Trinajstić information content (AvgIpc) is 2.39. The van der Waals surface area contributed by atoms with E-state index in [1.807, 2.05) is 43.3 Å². The lowest BCUT2D eigenvalue weighted by molar-refractivity contribution is 0.104. The molecule has 0 aliphatic carbocycles. The zero-order valence-corrected chi connectivity index (χ0v) is 11.3. The number of allylic oxidation sites excluding steroid dienone is 1. The van der Waals surface area contributed by atoms with E-state index in [2.05, 4.69) is 5.32 Å². The number of hydrogen-bond donors (Lipinski definition) is 1. The third-order valence-corrected chi connectivity index (χ3v) is 2.88. The monoisotopic (exact) mass is 271 g/mol. The molecular formula is C16H14ClNO. The molecule has 3 heteroatoms. The van der Waals surface area contributed by atoms with Gasteiger partial charge in [0.1, 0.15) is 0 Å². The maximum Gasteiger partial charge on any atom is 0.187 e. The van der Waals surface area contributed by atoms with Crippen LogP contribution in [0.15, 0.2) is 60.8 Å². The van der Waals surface area contributed by atoms with E-state index in [1.165, 1.54) is 6.08 Å². The number of anilines is 1. The minimum atomic E-state index is -0.0328. The van der Waals surface area contributed by atoms with Crippen LogP contribution in [0.5, 0.6) is 0 Å². The van der Waals surface area contributed by atoms with Crippen LogP contribution in [0.1, 0.15) is 15.9 Å². The summed E-state index contributed by atoms with van der Waals surface area (Å²) in [5.74, 6) is -0.0328. The van der Waals surface area contributed by atoms with Crippen molar-refractivity contribution in [3.63, 3.8) is 0 Å². The summed E-state index contributed by atoms with van der Waals surface area (Å²) in [6, 6.07) is 14.8. The number of halogens is 1. The van der Waals surface area contributed by atoms with Gasteiger partial charge in [-0.2, -0.15) is 0 Å². The fourth-order valence-corrected chi connectivity index (χ4v) is 1.80. The highest BCUT2D eigenvalue weighted by Crippen LogP contribution is 2.14. The van der Waals surface area contributed by atoms with Crippen molar-refractivity contribution in [1.29, 1.82) is 0 Å². The number of ketones is 1.